The Morgan fingerprint density at radius 1 is 1.41 bits per heavy atom. The van der Waals surface area contributed by atoms with Gasteiger partial charge in [-0.15, -0.1) is 0 Å². The fourth-order valence-corrected chi connectivity index (χ4v) is 2.08. The van der Waals surface area contributed by atoms with Crippen molar-refractivity contribution in [3.63, 3.8) is 0 Å². The zero-order valence-corrected chi connectivity index (χ0v) is 12.2. The summed E-state index contributed by atoms with van der Waals surface area (Å²) in [6.07, 6.45) is 1.63. The quantitative estimate of drug-likeness (QED) is 0.769. The van der Waals surface area contributed by atoms with Crippen LogP contribution in [0.2, 0.25) is 18.1 Å². The largest absolute Gasteiger partial charge is 0.412 e. The molecule has 0 saturated heterocycles. The van der Waals surface area contributed by atoms with Gasteiger partial charge in [0.25, 0.3) is 0 Å². The Morgan fingerprint density at radius 2 is 2.06 bits per heavy atom. The van der Waals surface area contributed by atoms with Crippen molar-refractivity contribution in [2.75, 3.05) is 0 Å². The average Bonchev–Trinajstić information content (AvgIpc) is 2.25. The molecule has 92 valence electrons. The zero-order chi connectivity index (χ0) is 13.1. The third-order valence-electron chi connectivity index (χ3n) is 3.39. The lowest BCUT2D eigenvalue weighted by Crippen LogP contribution is -2.40. The number of nitriles is 1. The highest BCUT2D eigenvalue weighted by Gasteiger charge is 2.37. The Labute approximate surface area is 105 Å². The molecule has 0 atom stereocenters. The summed E-state index contributed by atoms with van der Waals surface area (Å²) in [4.78, 5) is 4.03. The van der Waals surface area contributed by atoms with Crippen molar-refractivity contribution in [3.8, 4) is 6.07 Å². The average molecular weight is 248 g/mol. The Morgan fingerprint density at radius 3 is 2.59 bits per heavy atom. The number of hydrogen-bond donors (Lipinski definition) is 0. The van der Waals surface area contributed by atoms with Gasteiger partial charge in [-0.1, -0.05) is 26.8 Å². The van der Waals surface area contributed by atoms with Gasteiger partial charge in [0.15, 0.2) is 8.32 Å². The fourth-order valence-electron chi connectivity index (χ4n) is 1.13. The molecule has 1 rings (SSSR count). The Bertz CT molecular complexity index is 430. The molecule has 0 fully saturated rings. The van der Waals surface area contributed by atoms with Gasteiger partial charge in [-0.05, 0) is 24.2 Å². The van der Waals surface area contributed by atoms with Gasteiger partial charge in [-0.2, -0.15) is 5.26 Å². The molecule has 3 nitrogen and oxygen atoms in total. The highest BCUT2D eigenvalue weighted by atomic mass is 28.4. The second kappa shape index (κ2) is 4.99. The highest BCUT2D eigenvalue weighted by molar-refractivity contribution is 6.74. The zero-order valence-electron chi connectivity index (χ0n) is 11.2. The van der Waals surface area contributed by atoms with Crippen LogP contribution >= 0.6 is 0 Å². The summed E-state index contributed by atoms with van der Waals surface area (Å²) in [6, 6.07) is 5.83. The van der Waals surface area contributed by atoms with E-state index in [1.165, 1.54) is 0 Å². The van der Waals surface area contributed by atoms with Crippen molar-refractivity contribution < 1.29 is 4.43 Å². The number of aromatic nitrogens is 1. The Hall–Kier alpha value is -1.18. The van der Waals surface area contributed by atoms with E-state index in [-0.39, 0.29) is 5.04 Å². The van der Waals surface area contributed by atoms with Crippen molar-refractivity contribution in [2.24, 2.45) is 0 Å². The van der Waals surface area contributed by atoms with Crippen molar-refractivity contribution >= 4 is 8.32 Å². The van der Waals surface area contributed by atoms with Crippen LogP contribution in [0.1, 0.15) is 32.0 Å². The second-order valence-electron chi connectivity index (χ2n) is 5.67. The van der Waals surface area contributed by atoms with Crippen LogP contribution in [-0.2, 0) is 11.0 Å². The molecule has 0 aromatic carbocycles. The molecule has 1 aromatic heterocycles. The Kier molecular flexibility index (Phi) is 4.07. The van der Waals surface area contributed by atoms with Crippen molar-refractivity contribution in [3.05, 3.63) is 29.6 Å². The lowest BCUT2D eigenvalue weighted by atomic mass is 10.2. The van der Waals surface area contributed by atoms with Crippen LogP contribution in [-0.4, -0.2) is 13.3 Å². The first-order valence-electron chi connectivity index (χ1n) is 5.76. The Balaban J connectivity index is 2.78. The van der Waals surface area contributed by atoms with E-state index in [1.807, 2.05) is 12.1 Å². The normalized spacial score (nSPS) is 12.2. The van der Waals surface area contributed by atoms with E-state index in [4.69, 9.17) is 9.69 Å². The molecule has 0 amide bonds. The molecule has 17 heavy (non-hydrogen) atoms. The van der Waals surface area contributed by atoms with E-state index in [2.05, 4.69) is 44.9 Å². The summed E-state index contributed by atoms with van der Waals surface area (Å²) in [7, 11) is -1.76. The third kappa shape index (κ3) is 3.38. The predicted octanol–water partition coefficient (Wildman–Crippen LogP) is 3.48. The van der Waals surface area contributed by atoms with Gasteiger partial charge in [0.05, 0.1) is 6.61 Å². The number of nitrogens with zero attached hydrogens (tertiary/aromatic N) is 2. The maximum Gasteiger partial charge on any atom is 0.192 e. The van der Waals surface area contributed by atoms with Gasteiger partial charge >= 0.3 is 0 Å². The highest BCUT2D eigenvalue weighted by Crippen LogP contribution is 2.37. The van der Waals surface area contributed by atoms with Crippen LogP contribution in [0.5, 0.6) is 0 Å². The van der Waals surface area contributed by atoms with Gasteiger partial charge in [0.2, 0.25) is 0 Å². The summed E-state index contributed by atoms with van der Waals surface area (Å²) in [5, 5.41) is 9.13. The number of pyridine rings is 1. The molecule has 0 spiro atoms. The summed E-state index contributed by atoms with van der Waals surface area (Å²) < 4.78 is 6.07. The molecule has 0 bridgehead atoms. The van der Waals surface area contributed by atoms with Crippen LogP contribution in [0.15, 0.2) is 18.3 Å². The fraction of sp³-hybridized carbons (Fsp3) is 0.538. The van der Waals surface area contributed by atoms with Crippen molar-refractivity contribution in [2.45, 2.75) is 45.5 Å². The summed E-state index contributed by atoms with van der Waals surface area (Å²) in [5.41, 5.74) is 1.34. The molecule has 0 aliphatic heterocycles. The molecule has 0 unspecified atom stereocenters. The molecule has 0 aliphatic rings. The third-order valence-corrected chi connectivity index (χ3v) is 7.87. The van der Waals surface area contributed by atoms with E-state index in [0.29, 0.717) is 12.3 Å². The molecule has 0 radical (unpaired) electrons. The molecule has 1 aromatic rings. The second-order valence-corrected chi connectivity index (χ2v) is 10.5. The molecular formula is C13H20N2OSi. The van der Waals surface area contributed by atoms with Crippen molar-refractivity contribution in [1.82, 2.24) is 4.98 Å². The van der Waals surface area contributed by atoms with E-state index in [9.17, 15) is 0 Å². The van der Waals surface area contributed by atoms with Gasteiger partial charge in [-0.25, -0.2) is 4.98 Å². The first kappa shape index (κ1) is 13.9. The van der Waals surface area contributed by atoms with Crippen LogP contribution in [0.3, 0.4) is 0 Å². The molecular weight excluding hydrogens is 228 g/mol. The van der Waals surface area contributed by atoms with Gasteiger partial charge in [-0.3, -0.25) is 0 Å². The van der Waals surface area contributed by atoms with Crippen LogP contribution in [0.4, 0.5) is 0 Å². The first-order valence-corrected chi connectivity index (χ1v) is 8.67. The van der Waals surface area contributed by atoms with Gasteiger partial charge in [0.1, 0.15) is 11.8 Å². The maximum atomic E-state index is 8.95. The SMILES string of the molecule is CC(C)(C)[Si](C)(C)OCc1cccnc1C#N. The number of hydrogen-bond acceptors (Lipinski definition) is 3. The van der Waals surface area contributed by atoms with Crippen LogP contribution in [0, 0.1) is 11.3 Å². The lowest BCUT2D eigenvalue weighted by molar-refractivity contribution is 0.275. The van der Waals surface area contributed by atoms with E-state index in [0.717, 1.165) is 5.56 Å². The monoisotopic (exact) mass is 248 g/mol. The molecule has 0 saturated carbocycles. The van der Waals surface area contributed by atoms with Crippen LogP contribution < -0.4 is 0 Å². The summed E-state index contributed by atoms with van der Waals surface area (Å²) in [6.45, 7) is 11.5. The van der Waals surface area contributed by atoms with E-state index < -0.39 is 8.32 Å². The van der Waals surface area contributed by atoms with Gasteiger partial charge < -0.3 is 4.43 Å². The maximum absolute atomic E-state index is 8.95. The number of rotatable bonds is 3. The van der Waals surface area contributed by atoms with E-state index in [1.54, 1.807) is 6.20 Å². The topological polar surface area (TPSA) is 45.9 Å². The lowest BCUT2D eigenvalue weighted by Gasteiger charge is -2.36. The van der Waals surface area contributed by atoms with Gasteiger partial charge in [0, 0.05) is 11.8 Å². The summed E-state index contributed by atoms with van der Waals surface area (Å²) in [5.74, 6) is 0. The summed E-state index contributed by atoms with van der Waals surface area (Å²) >= 11 is 0. The molecule has 0 N–H and O–H groups in total. The first-order chi connectivity index (χ1) is 7.78. The molecule has 4 heteroatoms. The molecule has 0 aliphatic carbocycles. The van der Waals surface area contributed by atoms with Crippen molar-refractivity contribution in [1.29, 1.82) is 5.26 Å². The minimum absolute atomic E-state index is 0.183. The predicted molar refractivity (Wildman–Crippen MR) is 70.9 cm³/mol. The minimum Gasteiger partial charge on any atom is -0.412 e. The smallest absolute Gasteiger partial charge is 0.192 e. The van der Waals surface area contributed by atoms with Crippen LogP contribution in [0.25, 0.3) is 0 Å². The minimum atomic E-state index is -1.76. The standard InChI is InChI=1S/C13H20N2OSi/c1-13(2,3)17(4,5)16-10-11-7-6-8-15-12(11)9-14/h6-8H,10H2,1-5H3. The van der Waals surface area contributed by atoms with E-state index >= 15 is 0 Å². The molecule has 1 heterocycles.